The third-order valence-electron chi connectivity index (χ3n) is 11.2. The van der Waals surface area contributed by atoms with Crippen LogP contribution in [0.4, 0.5) is 0 Å². The Balaban J connectivity index is 1.99. The van der Waals surface area contributed by atoms with Crippen LogP contribution in [0, 0.1) is 17.8 Å². The largest absolute Gasteiger partial charge is 0.462 e. The Kier molecular flexibility index (Phi) is 20.1. The van der Waals surface area contributed by atoms with Gasteiger partial charge in [-0.2, -0.15) is 0 Å². The molecule has 3 heterocycles. The fourth-order valence-electron chi connectivity index (χ4n) is 8.12. The summed E-state index contributed by atoms with van der Waals surface area (Å²) in [6.07, 6.45) is -4.07. The van der Waals surface area contributed by atoms with Crippen molar-refractivity contribution in [2.75, 3.05) is 21.2 Å². The van der Waals surface area contributed by atoms with Crippen LogP contribution >= 0.6 is 0 Å². The molecule has 0 amide bonds. The molecule has 59 heavy (non-hydrogen) atoms. The van der Waals surface area contributed by atoms with Gasteiger partial charge in [0.05, 0.1) is 36.9 Å². The lowest BCUT2D eigenvalue weighted by molar-refractivity contribution is -0.344. The first kappa shape index (κ1) is 50.6. The highest BCUT2D eigenvalue weighted by molar-refractivity contribution is 5.72. The van der Waals surface area contributed by atoms with Gasteiger partial charge in [-0.25, -0.2) is 0 Å². The molecular weight excluding hydrogens is 770 g/mol. The van der Waals surface area contributed by atoms with Crippen molar-refractivity contribution < 1.29 is 72.4 Å². The second-order valence-corrected chi connectivity index (χ2v) is 17.2. The minimum Gasteiger partial charge on any atom is -0.462 e. The van der Waals surface area contributed by atoms with Crippen LogP contribution in [0.15, 0.2) is 24.3 Å². The van der Waals surface area contributed by atoms with Crippen LogP contribution in [-0.4, -0.2) is 151 Å². The van der Waals surface area contributed by atoms with Crippen molar-refractivity contribution in [1.82, 2.24) is 4.90 Å². The summed E-state index contributed by atoms with van der Waals surface area (Å²) in [5, 5.41) is 34.7. The average molecular weight is 842 g/mol. The summed E-state index contributed by atoms with van der Waals surface area (Å²) in [4.78, 5) is 52.8. The van der Waals surface area contributed by atoms with Crippen molar-refractivity contribution in [3.05, 3.63) is 24.3 Å². The fourth-order valence-corrected chi connectivity index (χ4v) is 8.12. The smallest absolute Gasteiger partial charge is 0.309 e. The number of rotatable bonds is 13. The Bertz CT molecular complexity index is 1400. The minimum absolute atomic E-state index is 0.00123. The van der Waals surface area contributed by atoms with E-state index >= 15 is 0 Å². The molecule has 0 radical (unpaired) electrons. The molecule has 3 N–H and O–H groups in total. The first-order chi connectivity index (χ1) is 27.7. The number of allylic oxidation sites excluding steroid dienone is 2. The molecule has 0 aliphatic carbocycles. The summed E-state index contributed by atoms with van der Waals surface area (Å²) in [6, 6.07) is -0.782. The van der Waals surface area contributed by atoms with Crippen LogP contribution in [0.1, 0.15) is 100 Å². The number of hydrogen-bond acceptors (Lipinski definition) is 16. The monoisotopic (exact) mass is 841 g/mol. The van der Waals surface area contributed by atoms with Gasteiger partial charge in [-0.3, -0.25) is 14.4 Å². The number of aliphatic hydroxyl groups is 3. The van der Waals surface area contributed by atoms with Gasteiger partial charge in [-0.05, 0) is 66.0 Å². The van der Waals surface area contributed by atoms with Gasteiger partial charge in [0.25, 0.3) is 0 Å². The molecule has 16 heteroatoms. The third-order valence-corrected chi connectivity index (χ3v) is 11.2. The van der Waals surface area contributed by atoms with E-state index < -0.39 is 121 Å². The number of aliphatic hydroxyl groups excluding tert-OH is 2. The lowest BCUT2D eigenvalue weighted by Crippen LogP contribution is -2.66. The Morgan fingerprint density at radius 2 is 1.69 bits per heavy atom. The maximum Gasteiger partial charge on any atom is 0.309 e. The molecule has 16 nitrogen and oxygen atoms in total. The van der Waals surface area contributed by atoms with Crippen molar-refractivity contribution in [1.29, 1.82) is 0 Å². The molecule has 3 aliphatic rings. The Morgan fingerprint density at radius 3 is 2.29 bits per heavy atom. The number of carbonyl (C=O) groups excluding carboxylic acids is 4. The molecule has 16 atom stereocenters. The molecule has 3 rings (SSSR count). The third kappa shape index (κ3) is 14.7. The Hall–Kier alpha value is -2.80. The van der Waals surface area contributed by atoms with Crippen molar-refractivity contribution in [2.24, 2.45) is 17.8 Å². The van der Waals surface area contributed by atoms with E-state index in [4.69, 9.17) is 37.9 Å². The van der Waals surface area contributed by atoms with Gasteiger partial charge >= 0.3 is 17.9 Å². The normalized spacial score (nSPS) is 40.2. The van der Waals surface area contributed by atoms with Crippen LogP contribution in [-0.2, 0) is 57.1 Å². The summed E-state index contributed by atoms with van der Waals surface area (Å²) in [6.45, 7) is 14.0. The van der Waals surface area contributed by atoms with Crippen LogP contribution in [0.3, 0.4) is 0 Å². The lowest BCUT2D eigenvalue weighted by atomic mass is 9.82. The van der Waals surface area contributed by atoms with E-state index in [1.807, 2.05) is 26.8 Å². The molecule has 2 saturated heterocycles. The molecule has 3 aliphatic heterocycles. The minimum atomic E-state index is -1.50. The highest BCUT2D eigenvalue weighted by atomic mass is 16.7. The summed E-state index contributed by atoms with van der Waals surface area (Å²) < 4.78 is 48.9. The average Bonchev–Trinajstić information content (AvgIpc) is 3.13. The number of ether oxygens (including phenoxy) is 8. The maximum atomic E-state index is 13.3. The van der Waals surface area contributed by atoms with Crippen LogP contribution in [0.2, 0.25) is 0 Å². The number of nitrogens with zero attached hydrogens (tertiary/aromatic N) is 1. The summed E-state index contributed by atoms with van der Waals surface area (Å²) in [5.74, 6) is -2.72. The lowest BCUT2D eigenvalue weighted by Gasteiger charge is -2.50. The zero-order valence-electron chi connectivity index (χ0n) is 36.8. The van der Waals surface area contributed by atoms with Gasteiger partial charge in [-0.1, -0.05) is 52.0 Å². The topological polar surface area (TPSA) is 206 Å². The van der Waals surface area contributed by atoms with Crippen LogP contribution in [0.25, 0.3) is 0 Å². The predicted octanol–water partition coefficient (Wildman–Crippen LogP) is 3.40. The van der Waals surface area contributed by atoms with E-state index in [9.17, 15) is 34.5 Å². The predicted molar refractivity (Wildman–Crippen MR) is 214 cm³/mol. The number of methoxy groups -OCH3 is 1. The number of carbonyl (C=O) groups is 4. The second-order valence-electron chi connectivity index (χ2n) is 17.2. The van der Waals surface area contributed by atoms with Crippen molar-refractivity contribution in [3.8, 4) is 0 Å². The number of cyclic esters (lactones) is 1. The Labute approximate surface area is 349 Å². The van der Waals surface area contributed by atoms with Crippen LogP contribution < -0.4 is 0 Å². The zero-order valence-corrected chi connectivity index (χ0v) is 36.8. The maximum absolute atomic E-state index is 13.3. The first-order valence-corrected chi connectivity index (χ1v) is 21.0. The SMILES string of the molecule is CCC(=O)O[C@@H]1CC(=O)O[C@H](C)C/C=C/C=C/[C@H](O)[C@H](C)C[C@H](CC=O)[C@H](O[C@@H]2O[C@H](C)[C@@H](O[C@H]3C[C@@](C)(O)[C@@H](OC(=O)CC(C)C)[C@H](C)O3)[C@H](N(C)C)[C@H]2O)C1OC. The van der Waals surface area contributed by atoms with Crippen LogP contribution in [0.5, 0.6) is 0 Å². The summed E-state index contributed by atoms with van der Waals surface area (Å²) >= 11 is 0. The molecule has 1 unspecified atom stereocenters. The van der Waals surface area contributed by atoms with E-state index in [1.54, 1.807) is 71.8 Å². The van der Waals surface area contributed by atoms with Gasteiger partial charge in [0.15, 0.2) is 18.7 Å². The van der Waals surface area contributed by atoms with Crippen molar-refractivity contribution >= 4 is 24.2 Å². The molecule has 0 aromatic carbocycles. The quantitative estimate of drug-likeness (QED) is 0.138. The summed E-state index contributed by atoms with van der Waals surface area (Å²) in [7, 11) is 4.87. The van der Waals surface area contributed by atoms with E-state index in [-0.39, 0.29) is 38.0 Å². The number of aldehydes is 1. The van der Waals surface area contributed by atoms with Crippen molar-refractivity contribution in [2.45, 2.75) is 186 Å². The van der Waals surface area contributed by atoms with Gasteiger partial charge < -0.3 is 62.9 Å². The molecular formula is C43H71NO15. The molecule has 338 valence electrons. The van der Waals surface area contributed by atoms with Gasteiger partial charge in [0.1, 0.15) is 42.4 Å². The summed E-state index contributed by atoms with van der Waals surface area (Å²) in [5.41, 5.74) is -1.50. The highest BCUT2D eigenvalue weighted by Crippen LogP contribution is 2.38. The van der Waals surface area contributed by atoms with E-state index in [1.165, 1.54) is 7.11 Å². The second kappa shape index (κ2) is 23.4. The molecule has 0 saturated carbocycles. The molecule has 0 bridgehead atoms. The zero-order chi connectivity index (χ0) is 44.2. The van der Waals surface area contributed by atoms with E-state index in [0.29, 0.717) is 6.42 Å². The molecule has 0 aromatic heterocycles. The number of likely N-dealkylation sites (N-methyl/N-ethyl adjacent to an activating group) is 1. The molecule has 0 aromatic rings. The van der Waals surface area contributed by atoms with E-state index in [2.05, 4.69) is 0 Å². The number of hydrogen-bond donors (Lipinski definition) is 3. The Morgan fingerprint density at radius 1 is 1.00 bits per heavy atom. The fraction of sp³-hybridized carbons (Fsp3) is 0.814. The van der Waals surface area contributed by atoms with Gasteiger partial charge in [0, 0.05) is 39.2 Å². The molecule has 0 spiro atoms. The van der Waals surface area contributed by atoms with Gasteiger partial charge in [-0.15, -0.1) is 0 Å². The standard InChI is InChI=1S/C43H71NO15/c1-12-32(47)56-31-22-34(49)53-26(5)16-14-13-15-17-30(46)25(4)21-29(18-19-45)39(40(31)52-11)59-42-37(50)36(44(9)10)38(27(6)55-42)58-35-23-43(8,51)41(28(7)54-35)57-33(48)20-24(2)3/h13-15,17,19,24-31,35-42,46,50-51H,12,16,18,20-23H2,1-11H3/b14-13+,17-15+/t25-,26-,27-,28+,29+,30+,31-,35+,36-,37-,38-,39+,40?,41+,42+,43-/m1/s1. The highest BCUT2D eigenvalue weighted by Gasteiger charge is 2.53. The molecule has 2 fully saturated rings. The van der Waals surface area contributed by atoms with Gasteiger partial charge in [0.2, 0.25) is 0 Å². The van der Waals surface area contributed by atoms with Crippen molar-refractivity contribution in [3.63, 3.8) is 0 Å². The first-order valence-electron chi connectivity index (χ1n) is 21.0. The van der Waals surface area contributed by atoms with E-state index in [0.717, 1.165) is 6.29 Å². The number of esters is 3.